The fourth-order valence-electron chi connectivity index (χ4n) is 3.98. The van der Waals surface area contributed by atoms with Crippen molar-refractivity contribution in [1.29, 1.82) is 0 Å². The Kier molecular flexibility index (Phi) is 7.23. The highest BCUT2D eigenvalue weighted by molar-refractivity contribution is 5.95. The molecule has 0 spiro atoms. The molecule has 0 unspecified atom stereocenters. The summed E-state index contributed by atoms with van der Waals surface area (Å²) in [6, 6.07) is 12.1. The van der Waals surface area contributed by atoms with E-state index in [0.29, 0.717) is 17.8 Å². The van der Waals surface area contributed by atoms with E-state index in [2.05, 4.69) is 20.5 Å². The monoisotopic (exact) mass is 496 g/mol. The lowest BCUT2D eigenvalue weighted by Crippen LogP contribution is -2.26. The minimum atomic E-state index is -4.47. The summed E-state index contributed by atoms with van der Waals surface area (Å²) in [6.45, 7) is 6.20. The summed E-state index contributed by atoms with van der Waals surface area (Å²) >= 11 is 0. The number of halogens is 3. The molecule has 0 saturated carbocycles. The van der Waals surface area contributed by atoms with Gasteiger partial charge in [-0.15, -0.1) is 0 Å². The molecule has 1 N–H and O–H groups in total. The number of pyridine rings is 1. The minimum Gasteiger partial charge on any atom is -0.352 e. The zero-order valence-electron chi connectivity index (χ0n) is 20.3. The molecule has 3 aromatic heterocycles. The molecule has 1 aromatic carbocycles. The van der Waals surface area contributed by atoms with E-state index in [1.165, 1.54) is 16.9 Å². The maximum absolute atomic E-state index is 12.9. The van der Waals surface area contributed by atoms with Gasteiger partial charge in [0.1, 0.15) is 0 Å². The summed E-state index contributed by atoms with van der Waals surface area (Å²) in [6.07, 6.45) is 1.20. The van der Waals surface area contributed by atoms with E-state index in [4.69, 9.17) is 0 Å². The predicted octanol–water partition coefficient (Wildman–Crippen LogP) is 5.27. The average molecular weight is 497 g/mol. The predicted molar refractivity (Wildman–Crippen MR) is 129 cm³/mol. The molecule has 0 saturated heterocycles. The summed E-state index contributed by atoms with van der Waals surface area (Å²) in [7, 11) is 0. The van der Waals surface area contributed by atoms with Gasteiger partial charge in [0.15, 0.2) is 5.82 Å². The first-order chi connectivity index (χ1) is 17.1. The van der Waals surface area contributed by atoms with Crippen LogP contribution in [0.1, 0.15) is 59.1 Å². The average Bonchev–Trinajstić information content (AvgIpc) is 3.46. The molecular weight excluding hydrogens is 469 g/mol. The summed E-state index contributed by atoms with van der Waals surface area (Å²) in [5, 5.41) is 11.7. The van der Waals surface area contributed by atoms with Crippen LogP contribution in [0.5, 0.6) is 0 Å². The van der Waals surface area contributed by atoms with Crippen molar-refractivity contribution in [3.63, 3.8) is 0 Å². The van der Waals surface area contributed by atoms with Gasteiger partial charge in [-0.3, -0.25) is 4.79 Å². The van der Waals surface area contributed by atoms with Crippen LogP contribution in [0.15, 0.2) is 61.1 Å². The third-order valence-corrected chi connectivity index (χ3v) is 5.82. The highest BCUT2D eigenvalue weighted by Gasteiger charge is 2.31. The van der Waals surface area contributed by atoms with Crippen LogP contribution in [0.2, 0.25) is 0 Å². The lowest BCUT2D eigenvalue weighted by molar-refractivity contribution is -0.137. The van der Waals surface area contributed by atoms with Crippen molar-refractivity contribution in [2.45, 2.75) is 45.7 Å². The summed E-state index contributed by atoms with van der Waals surface area (Å²) in [5.74, 6) is -0.172. The summed E-state index contributed by atoms with van der Waals surface area (Å²) < 4.78 is 41.9. The summed E-state index contributed by atoms with van der Waals surface area (Å²) in [4.78, 5) is 16.8. The minimum absolute atomic E-state index is 0.108. The number of nitrogens with one attached hydrogen (secondary N) is 1. The van der Waals surface area contributed by atoms with Crippen molar-refractivity contribution < 1.29 is 18.0 Å². The van der Waals surface area contributed by atoms with Crippen LogP contribution in [0.3, 0.4) is 0 Å². The van der Waals surface area contributed by atoms with Crippen molar-refractivity contribution in [3.05, 3.63) is 89.1 Å². The molecule has 3 heterocycles. The fraction of sp³-hybridized carbons (Fsp3) is 0.308. The molecule has 0 fully saturated rings. The highest BCUT2D eigenvalue weighted by atomic mass is 19.4. The van der Waals surface area contributed by atoms with Gasteiger partial charge in [0.25, 0.3) is 5.91 Å². The van der Waals surface area contributed by atoms with E-state index >= 15 is 0 Å². The molecule has 1 amide bonds. The molecule has 0 aliphatic carbocycles. The molecule has 0 bridgehead atoms. The molecule has 0 aliphatic heterocycles. The number of alkyl halides is 3. The van der Waals surface area contributed by atoms with Gasteiger partial charge in [-0.2, -0.15) is 23.4 Å². The number of benzene rings is 1. The van der Waals surface area contributed by atoms with Gasteiger partial charge in [-0.1, -0.05) is 32.0 Å². The zero-order valence-corrected chi connectivity index (χ0v) is 20.3. The van der Waals surface area contributed by atoms with Crippen LogP contribution in [0.25, 0.3) is 11.5 Å². The second-order valence-electron chi connectivity index (χ2n) is 8.79. The van der Waals surface area contributed by atoms with Crippen LogP contribution < -0.4 is 5.32 Å². The number of hydrogen-bond acceptors (Lipinski definition) is 4. The fourth-order valence-corrected chi connectivity index (χ4v) is 3.98. The van der Waals surface area contributed by atoms with E-state index < -0.39 is 11.7 Å². The number of rotatable bonds is 8. The van der Waals surface area contributed by atoms with Gasteiger partial charge in [0, 0.05) is 18.9 Å². The number of carbonyl (C=O) groups excluding carboxylic acids is 1. The van der Waals surface area contributed by atoms with Gasteiger partial charge in [0.2, 0.25) is 0 Å². The van der Waals surface area contributed by atoms with Crippen LogP contribution in [0, 0.1) is 6.92 Å². The number of nitrogens with zero attached hydrogens (tertiary/aromatic N) is 5. The Morgan fingerprint density at radius 3 is 2.47 bits per heavy atom. The van der Waals surface area contributed by atoms with Crippen molar-refractivity contribution in [2.24, 2.45) is 0 Å². The van der Waals surface area contributed by atoms with Gasteiger partial charge >= 0.3 is 6.18 Å². The number of para-hydroxylation sites is 1. The van der Waals surface area contributed by atoms with Crippen LogP contribution in [-0.2, 0) is 12.6 Å². The number of amides is 1. The Hall–Kier alpha value is -3.95. The van der Waals surface area contributed by atoms with E-state index in [1.54, 1.807) is 0 Å². The van der Waals surface area contributed by atoms with E-state index in [-0.39, 0.29) is 17.6 Å². The Balaban J connectivity index is 1.40. The van der Waals surface area contributed by atoms with E-state index in [0.717, 1.165) is 42.0 Å². The zero-order chi connectivity index (χ0) is 25.9. The molecule has 36 heavy (non-hydrogen) atoms. The summed E-state index contributed by atoms with van der Waals surface area (Å²) in [5.41, 5.74) is 3.15. The Bertz CT molecular complexity index is 1320. The molecule has 0 radical (unpaired) electrons. The third-order valence-electron chi connectivity index (χ3n) is 5.82. The number of hydrogen-bond donors (Lipinski definition) is 1. The van der Waals surface area contributed by atoms with Gasteiger partial charge < -0.3 is 5.32 Å². The molecule has 10 heteroatoms. The standard InChI is InChI=1S/C26H27F3N6O/c1-17(2)24-22(15-32-35(24)23-12-11-20(14-31-23)26(27,28)29)25(36)30-13-7-8-19-16-34(33-18(19)3)21-9-5-4-6-10-21/h4-6,9-12,14-17H,7-8,13H2,1-3H3,(H,30,36). The molecule has 4 aromatic rings. The second-order valence-corrected chi connectivity index (χ2v) is 8.79. The second kappa shape index (κ2) is 10.3. The van der Waals surface area contributed by atoms with Crippen molar-refractivity contribution in [2.75, 3.05) is 6.54 Å². The Morgan fingerprint density at radius 2 is 1.83 bits per heavy atom. The normalized spacial score (nSPS) is 11.8. The third kappa shape index (κ3) is 5.48. The van der Waals surface area contributed by atoms with E-state index in [9.17, 15) is 18.0 Å². The SMILES string of the molecule is Cc1nn(-c2ccccc2)cc1CCCNC(=O)c1cnn(-c2ccc(C(F)(F)F)cn2)c1C(C)C. The van der Waals surface area contributed by atoms with Crippen LogP contribution >= 0.6 is 0 Å². The topological polar surface area (TPSA) is 77.6 Å². The number of aryl methyl sites for hydroxylation is 2. The van der Waals surface area contributed by atoms with Crippen LogP contribution in [0.4, 0.5) is 13.2 Å². The first-order valence-electron chi connectivity index (χ1n) is 11.7. The van der Waals surface area contributed by atoms with Gasteiger partial charge in [0.05, 0.1) is 34.4 Å². The highest BCUT2D eigenvalue weighted by Crippen LogP contribution is 2.29. The maximum Gasteiger partial charge on any atom is 0.417 e. The Labute approximate surface area is 207 Å². The molecule has 7 nitrogen and oxygen atoms in total. The van der Waals surface area contributed by atoms with Crippen molar-refractivity contribution in [1.82, 2.24) is 29.9 Å². The molecule has 188 valence electrons. The maximum atomic E-state index is 12.9. The van der Waals surface area contributed by atoms with E-state index in [1.807, 2.05) is 62.0 Å². The van der Waals surface area contributed by atoms with Crippen LogP contribution in [-0.4, -0.2) is 37.0 Å². The quantitative estimate of drug-likeness (QED) is 0.337. The van der Waals surface area contributed by atoms with Crippen molar-refractivity contribution in [3.8, 4) is 11.5 Å². The number of aromatic nitrogens is 5. The molecule has 0 aliphatic rings. The van der Waals surface area contributed by atoms with Gasteiger partial charge in [-0.25, -0.2) is 14.3 Å². The lowest BCUT2D eigenvalue weighted by atomic mass is 10.1. The Morgan fingerprint density at radius 1 is 1.08 bits per heavy atom. The molecular formula is C26H27F3N6O. The first kappa shape index (κ1) is 25.2. The van der Waals surface area contributed by atoms with Gasteiger partial charge in [-0.05, 0) is 55.5 Å². The smallest absolute Gasteiger partial charge is 0.352 e. The molecule has 4 rings (SSSR count). The number of carbonyl (C=O) groups is 1. The lowest BCUT2D eigenvalue weighted by Gasteiger charge is -2.13. The van der Waals surface area contributed by atoms with Crippen molar-refractivity contribution >= 4 is 5.91 Å². The first-order valence-corrected chi connectivity index (χ1v) is 11.7. The molecule has 0 atom stereocenters. The largest absolute Gasteiger partial charge is 0.417 e.